The molecular weight excluding hydrogens is 317 g/mol. The maximum Gasteiger partial charge on any atom is 0.263 e. The predicted molar refractivity (Wildman–Crippen MR) is 79.3 cm³/mol. The number of hydrogen-bond donors (Lipinski definition) is 2. The number of nitrogens with one attached hydrogen (secondary N) is 1. The van der Waals surface area contributed by atoms with Crippen molar-refractivity contribution in [1.29, 1.82) is 0 Å². The second-order valence-corrected chi connectivity index (χ2v) is 6.55. The third kappa shape index (κ3) is 3.53. The molecule has 2 aromatic rings. The molecule has 0 aliphatic heterocycles. The molecule has 0 spiro atoms. The molecule has 0 saturated heterocycles. The van der Waals surface area contributed by atoms with Gasteiger partial charge in [-0.2, -0.15) is 0 Å². The third-order valence-electron chi connectivity index (χ3n) is 2.90. The van der Waals surface area contributed by atoms with Crippen molar-refractivity contribution >= 4 is 27.3 Å². The van der Waals surface area contributed by atoms with Crippen molar-refractivity contribution in [2.75, 3.05) is 4.72 Å². The number of rotatable bonds is 4. The number of aliphatic hydroxyl groups excluding tert-OH is 1. The highest BCUT2D eigenvalue weighted by Gasteiger charge is 2.19. The zero-order valence-electron chi connectivity index (χ0n) is 11.1. The lowest BCUT2D eigenvalue weighted by Crippen LogP contribution is -2.14. The summed E-state index contributed by atoms with van der Waals surface area (Å²) in [4.78, 5) is -0.139. The third-order valence-corrected chi connectivity index (χ3v) is 4.75. The van der Waals surface area contributed by atoms with Gasteiger partial charge in [0, 0.05) is 0 Å². The number of hydrogen-bond acceptors (Lipinski definition) is 3. The van der Waals surface area contributed by atoms with E-state index in [0.717, 1.165) is 6.07 Å². The maximum absolute atomic E-state index is 13.0. The summed E-state index contributed by atoms with van der Waals surface area (Å²) in [7, 11) is -3.93. The number of benzene rings is 2. The smallest absolute Gasteiger partial charge is 0.263 e. The van der Waals surface area contributed by atoms with Gasteiger partial charge in [-0.15, -0.1) is 0 Å². The summed E-state index contributed by atoms with van der Waals surface area (Å²) < 4.78 is 40.1. The van der Waals surface area contributed by atoms with E-state index >= 15 is 0 Å². The van der Waals surface area contributed by atoms with Gasteiger partial charge in [-0.25, -0.2) is 12.8 Å². The average molecular weight is 330 g/mol. The molecule has 0 aromatic heterocycles. The Labute approximate surface area is 127 Å². The summed E-state index contributed by atoms with van der Waals surface area (Å²) in [6.07, 6.45) is 0. The van der Waals surface area contributed by atoms with Crippen LogP contribution in [0.15, 0.2) is 41.3 Å². The van der Waals surface area contributed by atoms with Crippen LogP contribution in [0.1, 0.15) is 11.1 Å². The fourth-order valence-corrected chi connectivity index (χ4v) is 3.48. The molecule has 0 unspecified atom stereocenters. The largest absolute Gasteiger partial charge is 0.392 e. The van der Waals surface area contributed by atoms with E-state index in [1.54, 1.807) is 6.92 Å². The number of aliphatic hydroxyl groups is 1. The van der Waals surface area contributed by atoms with E-state index in [4.69, 9.17) is 16.7 Å². The van der Waals surface area contributed by atoms with Gasteiger partial charge in [0.25, 0.3) is 10.0 Å². The Kier molecular flexibility index (Phi) is 4.51. The van der Waals surface area contributed by atoms with E-state index in [1.807, 2.05) is 0 Å². The SMILES string of the molecule is Cc1cc(F)ccc1NS(=O)(=O)c1cc(CO)ccc1Cl. The van der Waals surface area contributed by atoms with Crippen molar-refractivity contribution in [3.8, 4) is 0 Å². The minimum Gasteiger partial charge on any atom is -0.392 e. The van der Waals surface area contributed by atoms with Gasteiger partial charge < -0.3 is 5.11 Å². The minimum atomic E-state index is -3.93. The van der Waals surface area contributed by atoms with Gasteiger partial charge in [-0.05, 0) is 48.4 Å². The minimum absolute atomic E-state index is 0.0412. The van der Waals surface area contributed by atoms with Gasteiger partial charge >= 0.3 is 0 Å². The lowest BCUT2D eigenvalue weighted by Gasteiger charge is -2.12. The molecule has 2 aromatic carbocycles. The summed E-state index contributed by atoms with van der Waals surface area (Å²) in [6, 6.07) is 7.96. The molecular formula is C14H13ClFNO3S. The van der Waals surface area contributed by atoms with E-state index in [9.17, 15) is 12.8 Å². The van der Waals surface area contributed by atoms with Gasteiger partial charge in [0.2, 0.25) is 0 Å². The molecule has 21 heavy (non-hydrogen) atoms. The van der Waals surface area contributed by atoms with Crippen molar-refractivity contribution in [3.63, 3.8) is 0 Å². The van der Waals surface area contributed by atoms with Crippen LogP contribution in [0.2, 0.25) is 5.02 Å². The fourth-order valence-electron chi connectivity index (χ4n) is 1.79. The zero-order chi connectivity index (χ0) is 15.6. The Morgan fingerprint density at radius 2 is 1.95 bits per heavy atom. The average Bonchev–Trinajstić information content (AvgIpc) is 2.42. The van der Waals surface area contributed by atoms with Crippen LogP contribution in [0.4, 0.5) is 10.1 Å². The highest BCUT2D eigenvalue weighted by Crippen LogP contribution is 2.26. The molecule has 0 radical (unpaired) electrons. The summed E-state index contributed by atoms with van der Waals surface area (Å²) in [5, 5.41) is 9.12. The highest BCUT2D eigenvalue weighted by atomic mass is 35.5. The Morgan fingerprint density at radius 1 is 1.24 bits per heavy atom. The first-order chi connectivity index (χ1) is 9.83. The Hall–Kier alpha value is -1.63. The summed E-state index contributed by atoms with van der Waals surface area (Å²) in [5.41, 5.74) is 1.14. The van der Waals surface area contributed by atoms with Crippen LogP contribution in [0.25, 0.3) is 0 Å². The molecule has 0 atom stereocenters. The molecule has 0 amide bonds. The maximum atomic E-state index is 13.0. The molecule has 7 heteroatoms. The van der Waals surface area contributed by atoms with Crippen molar-refractivity contribution in [1.82, 2.24) is 0 Å². The van der Waals surface area contributed by atoms with E-state index < -0.39 is 15.8 Å². The first-order valence-electron chi connectivity index (χ1n) is 6.02. The van der Waals surface area contributed by atoms with E-state index in [-0.39, 0.29) is 22.2 Å². The molecule has 112 valence electrons. The first kappa shape index (κ1) is 15.8. The van der Waals surface area contributed by atoms with Crippen LogP contribution in [0, 0.1) is 12.7 Å². The molecule has 0 heterocycles. The van der Waals surface area contributed by atoms with Crippen LogP contribution in [0.5, 0.6) is 0 Å². The normalized spacial score (nSPS) is 11.4. The second-order valence-electron chi connectivity index (χ2n) is 4.49. The summed E-state index contributed by atoms with van der Waals surface area (Å²) >= 11 is 5.91. The van der Waals surface area contributed by atoms with Gasteiger partial charge in [0.15, 0.2) is 0 Å². The Bertz CT molecular complexity index is 778. The highest BCUT2D eigenvalue weighted by molar-refractivity contribution is 7.92. The molecule has 2 rings (SSSR count). The number of sulfonamides is 1. The Balaban J connectivity index is 2.43. The molecule has 0 aliphatic carbocycles. The van der Waals surface area contributed by atoms with Crippen LogP contribution in [-0.2, 0) is 16.6 Å². The van der Waals surface area contributed by atoms with Gasteiger partial charge in [0.05, 0.1) is 17.3 Å². The van der Waals surface area contributed by atoms with E-state index in [0.29, 0.717) is 11.1 Å². The van der Waals surface area contributed by atoms with Gasteiger partial charge in [-0.1, -0.05) is 17.7 Å². The van der Waals surface area contributed by atoms with Crippen molar-refractivity contribution in [3.05, 3.63) is 58.4 Å². The van der Waals surface area contributed by atoms with Crippen LogP contribution in [-0.4, -0.2) is 13.5 Å². The number of aryl methyl sites for hydroxylation is 1. The molecule has 2 N–H and O–H groups in total. The topological polar surface area (TPSA) is 66.4 Å². The van der Waals surface area contributed by atoms with E-state index in [2.05, 4.69) is 4.72 Å². The Morgan fingerprint density at radius 3 is 2.57 bits per heavy atom. The molecule has 0 bridgehead atoms. The lowest BCUT2D eigenvalue weighted by atomic mass is 10.2. The summed E-state index contributed by atoms with van der Waals surface area (Å²) in [5.74, 6) is -0.448. The fraction of sp³-hybridized carbons (Fsp3) is 0.143. The van der Waals surface area contributed by atoms with Crippen molar-refractivity contribution in [2.45, 2.75) is 18.4 Å². The van der Waals surface area contributed by atoms with Gasteiger partial charge in [-0.3, -0.25) is 4.72 Å². The lowest BCUT2D eigenvalue weighted by molar-refractivity contribution is 0.281. The van der Waals surface area contributed by atoms with Crippen molar-refractivity contribution in [2.24, 2.45) is 0 Å². The molecule has 0 aliphatic rings. The zero-order valence-corrected chi connectivity index (χ0v) is 12.7. The standard InChI is InChI=1S/C14H13ClFNO3S/c1-9-6-11(16)3-5-13(9)17-21(19,20)14-7-10(8-18)2-4-12(14)15/h2-7,17-18H,8H2,1H3. The molecule has 0 saturated carbocycles. The number of halogens is 2. The predicted octanol–water partition coefficient (Wildman–Crippen LogP) is 3.08. The van der Waals surface area contributed by atoms with Crippen LogP contribution >= 0.6 is 11.6 Å². The van der Waals surface area contributed by atoms with Crippen LogP contribution < -0.4 is 4.72 Å². The quantitative estimate of drug-likeness (QED) is 0.906. The monoisotopic (exact) mass is 329 g/mol. The molecule has 0 fully saturated rings. The van der Waals surface area contributed by atoms with Crippen molar-refractivity contribution < 1.29 is 17.9 Å². The second kappa shape index (κ2) is 6.01. The van der Waals surface area contributed by atoms with Gasteiger partial charge in [0.1, 0.15) is 10.7 Å². The first-order valence-corrected chi connectivity index (χ1v) is 7.88. The number of anilines is 1. The summed E-state index contributed by atoms with van der Waals surface area (Å²) in [6.45, 7) is 1.29. The molecule has 4 nitrogen and oxygen atoms in total. The van der Waals surface area contributed by atoms with Crippen LogP contribution in [0.3, 0.4) is 0 Å². The van der Waals surface area contributed by atoms with E-state index in [1.165, 1.54) is 30.3 Å².